The zero-order valence-corrected chi connectivity index (χ0v) is 13.6. The number of hydrogen-bond donors (Lipinski definition) is 0. The van der Waals surface area contributed by atoms with E-state index in [0.29, 0.717) is 0 Å². The molecule has 0 aromatic carbocycles. The Bertz CT molecular complexity index is 167. The average Bonchev–Trinajstić information content (AvgIpc) is 2.43. The second-order valence-electron chi connectivity index (χ2n) is 4.43. The molecule has 0 bridgehead atoms. The van der Waals surface area contributed by atoms with Crippen LogP contribution < -0.4 is 0 Å². The van der Waals surface area contributed by atoms with E-state index in [1.807, 2.05) is 13.8 Å². The van der Waals surface area contributed by atoms with E-state index < -0.39 is 0 Å². The molecule has 0 amide bonds. The van der Waals surface area contributed by atoms with E-state index in [1.54, 1.807) is 0 Å². The van der Waals surface area contributed by atoms with Crippen molar-refractivity contribution in [2.24, 2.45) is 5.92 Å². The van der Waals surface area contributed by atoms with Crippen LogP contribution >= 0.6 is 0 Å². The summed E-state index contributed by atoms with van der Waals surface area (Å²) in [5.74, 6) is 0.241. The average molecular weight is 350 g/mol. The zero-order chi connectivity index (χ0) is 14.6. The molecule has 1 unspecified atom stereocenters. The van der Waals surface area contributed by atoms with E-state index >= 15 is 0 Å². The summed E-state index contributed by atoms with van der Waals surface area (Å²) in [5, 5.41) is 8.08. The summed E-state index contributed by atoms with van der Waals surface area (Å²) in [6.07, 6.45) is 13.2. The minimum atomic E-state index is 0. The quantitative estimate of drug-likeness (QED) is 0.345. The molecule has 0 aliphatic rings. The van der Waals surface area contributed by atoms with Gasteiger partial charge in [-0.2, -0.15) is 5.26 Å². The molecule has 0 rings (SSSR count). The molecule has 1 atom stereocenters. The molecular weight excluding hydrogens is 290 g/mol. The largest absolute Gasteiger partial charge is 0.198 e. The van der Waals surface area contributed by atoms with Crippen molar-refractivity contribution >= 4 is 0 Å². The number of rotatable bonds is 6. The van der Waals surface area contributed by atoms with Crippen LogP contribution in [0.4, 0.5) is 0 Å². The van der Waals surface area contributed by atoms with Gasteiger partial charge < -0.3 is 0 Å². The lowest BCUT2D eigenvalue weighted by molar-refractivity contribution is 0.702. The SMILES string of the molecule is C.C.C.C.C.C.CCC(C)C#N.CCC=CCC.CCCCCC. The summed E-state index contributed by atoms with van der Waals surface area (Å²) in [6.45, 7) is 12.7. The molecule has 0 heterocycles. The molecule has 0 N–H and O–H groups in total. The molecule has 0 spiro atoms. The highest BCUT2D eigenvalue weighted by atomic mass is 14.2. The molecule has 1 heteroatoms. The van der Waals surface area contributed by atoms with Gasteiger partial charge in [-0.3, -0.25) is 0 Å². The summed E-state index contributed by atoms with van der Waals surface area (Å²) in [5.41, 5.74) is 0. The highest BCUT2D eigenvalue weighted by Gasteiger charge is 1.88. The molecule has 1 nitrogen and oxygen atoms in total. The highest BCUT2D eigenvalue weighted by Crippen LogP contribution is 1.95. The third-order valence-corrected chi connectivity index (χ3v) is 2.43. The fourth-order valence-corrected chi connectivity index (χ4v) is 0.925. The number of nitriles is 1. The lowest BCUT2D eigenvalue weighted by Crippen LogP contribution is -1.81. The van der Waals surface area contributed by atoms with Crippen molar-refractivity contribution in [2.45, 2.75) is 131 Å². The monoisotopic (exact) mass is 349 g/mol. The topological polar surface area (TPSA) is 23.8 Å². The minimum absolute atomic E-state index is 0. The number of unbranched alkanes of at least 4 members (excludes halogenated alkanes) is 3. The second kappa shape index (κ2) is 67.0. The van der Waals surface area contributed by atoms with Gasteiger partial charge in [0.1, 0.15) is 0 Å². The Morgan fingerprint density at radius 2 is 1.00 bits per heavy atom. The molecule has 0 aliphatic carbocycles. The first-order valence-electron chi connectivity index (χ1n) is 7.68. The van der Waals surface area contributed by atoms with Crippen molar-refractivity contribution in [1.29, 1.82) is 5.26 Å². The van der Waals surface area contributed by atoms with Crippen molar-refractivity contribution in [3.63, 3.8) is 0 Å². The second-order valence-corrected chi connectivity index (χ2v) is 4.43. The molecule has 0 aromatic rings. The lowest BCUT2D eigenvalue weighted by atomic mass is 10.2. The summed E-state index contributed by atoms with van der Waals surface area (Å²) in [4.78, 5) is 0. The maximum Gasteiger partial charge on any atom is 0.0652 e. The third-order valence-electron chi connectivity index (χ3n) is 2.43. The summed E-state index contributed by atoms with van der Waals surface area (Å²) in [6, 6.07) is 2.11. The van der Waals surface area contributed by atoms with E-state index in [4.69, 9.17) is 5.26 Å². The Balaban J connectivity index is -0.0000000179. The Labute approximate surface area is 161 Å². The van der Waals surface area contributed by atoms with Crippen LogP contribution in [0.15, 0.2) is 12.2 Å². The fraction of sp³-hybridized carbons (Fsp3) is 0.870. The summed E-state index contributed by atoms with van der Waals surface area (Å²) < 4.78 is 0. The van der Waals surface area contributed by atoms with Gasteiger partial charge in [0.05, 0.1) is 6.07 Å². The minimum Gasteiger partial charge on any atom is -0.198 e. The van der Waals surface area contributed by atoms with E-state index in [9.17, 15) is 0 Å². The molecule has 0 saturated carbocycles. The van der Waals surface area contributed by atoms with Gasteiger partial charge in [-0.1, -0.05) is 117 Å². The van der Waals surface area contributed by atoms with Gasteiger partial charge in [0.25, 0.3) is 0 Å². The van der Waals surface area contributed by atoms with Gasteiger partial charge in [-0.05, 0) is 26.2 Å². The van der Waals surface area contributed by atoms with Gasteiger partial charge in [-0.15, -0.1) is 0 Å². The van der Waals surface area contributed by atoms with Crippen LogP contribution in [0.25, 0.3) is 0 Å². The Hall–Kier alpha value is -0.770. The van der Waals surface area contributed by atoms with Gasteiger partial charge in [-0.25, -0.2) is 0 Å². The number of allylic oxidation sites excluding steroid dienone is 2. The molecule has 0 aromatic heterocycles. The van der Waals surface area contributed by atoms with Crippen LogP contribution in [0.1, 0.15) is 131 Å². The first kappa shape index (κ1) is 56.7. The van der Waals surface area contributed by atoms with Crippen LogP contribution in [-0.4, -0.2) is 0 Å². The van der Waals surface area contributed by atoms with E-state index in [1.165, 1.54) is 38.5 Å². The lowest BCUT2D eigenvalue weighted by Gasteiger charge is -1.87. The van der Waals surface area contributed by atoms with Gasteiger partial charge in [0, 0.05) is 5.92 Å². The number of hydrogen-bond acceptors (Lipinski definition) is 1. The maximum atomic E-state index is 8.08. The van der Waals surface area contributed by atoms with Gasteiger partial charge in [0.2, 0.25) is 0 Å². The predicted molar refractivity (Wildman–Crippen MR) is 125 cm³/mol. The van der Waals surface area contributed by atoms with Crippen molar-refractivity contribution in [3.8, 4) is 6.07 Å². The molecular formula is C23H59N. The van der Waals surface area contributed by atoms with Crippen molar-refractivity contribution in [2.75, 3.05) is 0 Å². The standard InChI is InChI=1S/C6H14.C6H12.C5H9N.6CH4/c2*1-3-5-6-4-2;1-3-5(2)4-6;;;;;;/h3-6H2,1-2H3;5-6H,3-4H2,1-2H3;5H,3H2,1-2H3;6*1H4. The van der Waals surface area contributed by atoms with Gasteiger partial charge in [0.15, 0.2) is 0 Å². The zero-order valence-electron chi connectivity index (χ0n) is 13.6. The molecule has 0 radical (unpaired) electrons. The molecule has 0 saturated heterocycles. The van der Waals surface area contributed by atoms with Crippen molar-refractivity contribution < 1.29 is 0 Å². The number of nitrogens with zero attached hydrogens (tertiary/aromatic N) is 1. The molecule has 156 valence electrons. The normalized spacial score (nSPS) is 8.04. The molecule has 0 aliphatic heterocycles. The third kappa shape index (κ3) is 102. The van der Waals surface area contributed by atoms with E-state index in [0.717, 1.165) is 6.42 Å². The van der Waals surface area contributed by atoms with Gasteiger partial charge >= 0.3 is 0 Å². The predicted octanol–water partition coefficient (Wildman–Crippen LogP) is 10.3. The van der Waals surface area contributed by atoms with Crippen LogP contribution in [0.5, 0.6) is 0 Å². The molecule has 0 fully saturated rings. The highest BCUT2D eigenvalue weighted by molar-refractivity contribution is 4.77. The van der Waals surface area contributed by atoms with Crippen molar-refractivity contribution in [1.82, 2.24) is 0 Å². The summed E-state index contributed by atoms with van der Waals surface area (Å²) in [7, 11) is 0. The fourth-order valence-electron chi connectivity index (χ4n) is 0.925. The first-order valence-corrected chi connectivity index (χ1v) is 7.68. The Kier molecular flexibility index (Phi) is 158. The van der Waals surface area contributed by atoms with Crippen LogP contribution in [0, 0.1) is 17.2 Å². The van der Waals surface area contributed by atoms with Crippen molar-refractivity contribution in [3.05, 3.63) is 12.2 Å². The van der Waals surface area contributed by atoms with E-state index in [-0.39, 0.29) is 50.5 Å². The maximum absolute atomic E-state index is 8.08. The smallest absolute Gasteiger partial charge is 0.0652 e. The van der Waals surface area contributed by atoms with Crippen LogP contribution in [0.2, 0.25) is 0 Å². The van der Waals surface area contributed by atoms with E-state index in [2.05, 4.69) is 45.9 Å². The summed E-state index contributed by atoms with van der Waals surface area (Å²) >= 11 is 0. The van der Waals surface area contributed by atoms with Crippen LogP contribution in [0.3, 0.4) is 0 Å². The van der Waals surface area contributed by atoms with Crippen LogP contribution in [-0.2, 0) is 0 Å². The Morgan fingerprint density at radius 3 is 1.08 bits per heavy atom. The first-order chi connectivity index (χ1) is 8.64. The Morgan fingerprint density at radius 1 is 0.708 bits per heavy atom. The molecule has 24 heavy (non-hydrogen) atoms.